The highest BCUT2D eigenvalue weighted by molar-refractivity contribution is 5.84. The molecule has 1 heterocycles. The van der Waals surface area contributed by atoms with Gasteiger partial charge in [-0.15, -0.1) is 0 Å². The van der Waals surface area contributed by atoms with Crippen molar-refractivity contribution in [3.63, 3.8) is 0 Å². The van der Waals surface area contributed by atoms with Gasteiger partial charge in [-0.1, -0.05) is 38.1 Å². The lowest BCUT2D eigenvalue weighted by molar-refractivity contribution is -0.133. The highest BCUT2D eigenvalue weighted by Crippen LogP contribution is 2.34. The molecule has 0 spiro atoms. The van der Waals surface area contributed by atoms with Crippen LogP contribution < -0.4 is 10.1 Å². The maximum atomic E-state index is 13.1. The molecule has 0 aromatic heterocycles. The van der Waals surface area contributed by atoms with Crippen molar-refractivity contribution in [1.82, 2.24) is 10.2 Å². The predicted octanol–water partition coefficient (Wildman–Crippen LogP) is 3.35. The lowest BCUT2D eigenvalue weighted by Crippen LogP contribution is -2.36. The molecule has 2 aromatic rings. The van der Waals surface area contributed by atoms with Crippen LogP contribution in [0.1, 0.15) is 30.9 Å². The summed E-state index contributed by atoms with van der Waals surface area (Å²) >= 11 is 0. The van der Waals surface area contributed by atoms with E-state index < -0.39 is 0 Å². The van der Waals surface area contributed by atoms with Gasteiger partial charge in [-0.3, -0.25) is 9.59 Å². The van der Waals surface area contributed by atoms with Gasteiger partial charge in [0.15, 0.2) is 0 Å². The zero-order valence-electron chi connectivity index (χ0n) is 17.0. The van der Waals surface area contributed by atoms with Crippen LogP contribution in [0.4, 0.5) is 4.39 Å². The Labute approximate surface area is 170 Å². The first-order valence-electron chi connectivity index (χ1n) is 9.84. The van der Waals surface area contributed by atoms with E-state index in [9.17, 15) is 14.0 Å². The van der Waals surface area contributed by atoms with Crippen molar-refractivity contribution < 1.29 is 18.7 Å². The summed E-state index contributed by atoms with van der Waals surface area (Å²) < 4.78 is 18.3. The SMILES string of the molecule is COc1ccc([C@@H]2CN(C(=O)C(C)C)C[C@@H]2C(=O)NCc2ccc(F)cc2)cc1. The number of nitrogens with zero attached hydrogens (tertiary/aromatic N) is 1. The molecule has 2 atom stereocenters. The first kappa shape index (κ1) is 20.8. The Balaban J connectivity index is 1.76. The minimum absolute atomic E-state index is 0.0531. The zero-order chi connectivity index (χ0) is 21.0. The second kappa shape index (κ2) is 9.07. The van der Waals surface area contributed by atoms with Gasteiger partial charge in [-0.2, -0.15) is 0 Å². The van der Waals surface area contributed by atoms with E-state index in [1.807, 2.05) is 38.1 Å². The van der Waals surface area contributed by atoms with Crippen molar-refractivity contribution in [3.05, 3.63) is 65.5 Å². The molecule has 0 aliphatic carbocycles. The number of ether oxygens (including phenoxy) is 1. The first-order chi connectivity index (χ1) is 13.9. The lowest BCUT2D eigenvalue weighted by atomic mass is 9.88. The second-order valence-corrected chi connectivity index (χ2v) is 7.73. The minimum atomic E-state index is -0.341. The molecule has 1 aliphatic heterocycles. The lowest BCUT2D eigenvalue weighted by Gasteiger charge is -2.18. The summed E-state index contributed by atoms with van der Waals surface area (Å²) in [7, 11) is 1.61. The van der Waals surface area contributed by atoms with E-state index in [4.69, 9.17) is 4.74 Å². The maximum absolute atomic E-state index is 13.1. The third-order valence-electron chi connectivity index (χ3n) is 5.39. The topological polar surface area (TPSA) is 58.6 Å². The second-order valence-electron chi connectivity index (χ2n) is 7.73. The normalized spacial score (nSPS) is 18.7. The molecule has 154 valence electrons. The Hall–Kier alpha value is -2.89. The molecule has 0 radical (unpaired) electrons. The number of methoxy groups -OCH3 is 1. The summed E-state index contributed by atoms with van der Waals surface area (Å²) in [6.45, 7) is 4.96. The van der Waals surface area contributed by atoms with Crippen LogP contribution in [0.25, 0.3) is 0 Å². The van der Waals surface area contributed by atoms with E-state index in [0.717, 1.165) is 16.9 Å². The van der Waals surface area contributed by atoms with Gasteiger partial charge < -0.3 is 15.0 Å². The van der Waals surface area contributed by atoms with Gasteiger partial charge >= 0.3 is 0 Å². The van der Waals surface area contributed by atoms with Crippen molar-refractivity contribution in [1.29, 1.82) is 0 Å². The number of amides is 2. The van der Waals surface area contributed by atoms with Crippen molar-refractivity contribution in [2.75, 3.05) is 20.2 Å². The summed E-state index contributed by atoms with van der Waals surface area (Å²) in [6.07, 6.45) is 0. The fourth-order valence-electron chi connectivity index (χ4n) is 3.73. The Morgan fingerprint density at radius 3 is 2.34 bits per heavy atom. The number of benzene rings is 2. The maximum Gasteiger partial charge on any atom is 0.225 e. The first-order valence-corrected chi connectivity index (χ1v) is 9.84. The third-order valence-corrected chi connectivity index (χ3v) is 5.39. The fraction of sp³-hybridized carbons (Fsp3) is 0.391. The van der Waals surface area contributed by atoms with E-state index in [-0.39, 0.29) is 35.4 Å². The summed E-state index contributed by atoms with van der Waals surface area (Å²) in [5.74, 6) is -0.153. The largest absolute Gasteiger partial charge is 0.497 e. The van der Waals surface area contributed by atoms with Gasteiger partial charge in [-0.05, 0) is 35.4 Å². The Morgan fingerprint density at radius 2 is 1.76 bits per heavy atom. The van der Waals surface area contributed by atoms with Crippen LogP contribution in [0.15, 0.2) is 48.5 Å². The molecule has 2 aromatic carbocycles. The smallest absolute Gasteiger partial charge is 0.225 e. The van der Waals surface area contributed by atoms with Crippen LogP contribution in [0.3, 0.4) is 0 Å². The van der Waals surface area contributed by atoms with Gasteiger partial charge in [0.05, 0.1) is 13.0 Å². The summed E-state index contributed by atoms with van der Waals surface area (Å²) in [4.78, 5) is 27.3. The number of hydrogen-bond acceptors (Lipinski definition) is 3. The number of rotatable bonds is 6. The number of carbonyl (C=O) groups excluding carboxylic acids is 2. The number of halogens is 1. The third kappa shape index (κ3) is 4.94. The van der Waals surface area contributed by atoms with Crippen LogP contribution in [0.2, 0.25) is 0 Å². The molecule has 0 unspecified atom stereocenters. The summed E-state index contributed by atoms with van der Waals surface area (Å²) in [6, 6.07) is 13.7. The molecule has 0 bridgehead atoms. The van der Waals surface area contributed by atoms with Crippen LogP contribution in [0.5, 0.6) is 5.75 Å². The molecule has 1 fully saturated rings. The fourth-order valence-corrected chi connectivity index (χ4v) is 3.73. The van der Waals surface area contributed by atoms with Crippen LogP contribution in [-0.2, 0) is 16.1 Å². The van der Waals surface area contributed by atoms with Gasteiger partial charge in [0.1, 0.15) is 11.6 Å². The van der Waals surface area contributed by atoms with E-state index in [1.165, 1.54) is 12.1 Å². The average Bonchev–Trinajstić information content (AvgIpc) is 3.18. The number of carbonyl (C=O) groups is 2. The Morgan fingerprint density at radius 1 is 1.10 bits per heavy atom. The van der Waals surface area contributed by atoms with Crippen molar-refractivity contribution in [2.24, 2.45) is 11.8 Å². The van der Waals surface area contributed by atoms with Gasteiger partial charge in [0.2, 0.25) is 11.8 Å². The standard InChI is InChI=1S/C23H27FN2O3/c1-15(2)23(28)26-13-20(17-6-10-19(29-3)11-7-17)21(14-26)22(27)25-12-16-4-8-18(24)9-5-16/h4-11,15,20-21H,12-14H2,1-3H3,(H,25,27)/t20-,21-/m0/s1. The van der Waals surface area contributed by atoms with E-state index >= 15 is 0 Å². The summed E-state index contributed by atoms with van der Waals surface area (Å²) in [5, 5.41) is 2.95. The molecular formula is C23H27FN2O3. The predicted molar refractivity (Wildman–Crippen MR) is 109 cm³/mol. The van der Waals surface area contributed by atoms with Gasteiger partial charge in [0.25, 0.3) is 0 Å². The molecule has 6 heteroatoms. The van der Waals surface area contributed by atoms with E-state index in [0.29, 0.717) is 19.6 Å². The van der Waals surface area contributed by atoms with Crippen LogP contribution in [0, 0.1) is 17.7 Å². The van der Waals surface area contributed by atoms with Gasteiger partial charge in [-0.25, -0.2) is 4.39 Å². The molecule has 0 saturated carbocycles. The zero-order valence-corrected chi connectivity index (χ0v) is 17.0. The Kier molecular flexibility index (Phi) is 6.52. The molecule has 5 nitrogen and oxygen atoms in total. The molecule has 2 amide bonds. The van der Waals surface area contributed by atoms with Gasteiger partial charge in [0, 0.05) is 31.5 Å². The highest BCUT2D eigenvalue weighted by atomic mass is 19.1. The Bertz CT molecular complexity index is 849. The van der Waals surface area contributed by atoms with Crippen LogP contribution in [-0.4, -0.2) is 36.9 Å². The molecule has 1 aliphatic rings. The molecule has 1 N–H and O–H groups in total. The minimum Gasteiger partial charge on any atom is -0.497 e. The number of hydrogen-bond donors (Lipinski definition) is 1. The number of nitrogens with one attached hydrogen (secondary N) is 1. The quantitative estimate of drug-likeness (QED) is 0.812. The van der Waals surface area contributed by atoms with Crippen molar-refractivity contribution in [2.45, 2.75) is 26.3 Å². The van der Waals surface area contributed by atoms with E-state index in [1.54, 1.807) is 24.1 Å². The summed E-state index contributed by atoms with van der Waals surface area (Å²) in [5.41, 5.74) is 1.83. The average molecular weight is 398 g/mol. The van der Waals surface area contributed by atoms with E-state index in [2.05, 4.69) is 5.32 Å². The highest BCUT2D eigenvalue weighted by Gasteiger charge is 2.40. The van der Waals surface area contributed by atoms with Crippen LogP contribution >= 0.6 is 0 Å². The number of likely N-dealkylation sites (tertiary alicyclic amines) is 1. The van der Waals surface area contributed by atoms with Crippen molar-refractivity contribution >= 4 is 11.8 Å². The molecule has 29 heavy (non-hydrogen) atoms. The monoisotopic (exact) mass is 398 g/mol. The van der Waals surface area contributed by atoms with Crippen molar-refractivity contribution in [3.8, 4) is 5.75 Å². The molecule has 1 saturated heterocycles. The molecular weight excluding hydrogens is 371 g/mol. The molecule has 3 rings (SSSR count).